The van der Waals surface area contributed by atoms with Crippen LogP contribution in [0.4, 0.5) is 0 Å². The monoisotopic (exact) mass is 257 g/mol. The van der Waals surface area contributed by atoms with Crippen LogP contribution in [0.25, 0.3) is 0 Å². The smallest absolute Gasteiger partial charge is 0.136 e. The maximum absolute atomic E-state index is 9.13. The van der Waals surface area contributed by atoms with Gasteiger partial charge in [-0.1, -0.05) is 12.1 Å². The average Bonchev–Trinajstić information content (AvgIpc) is 2.18. The van der Waals surface area contributed by atoms with Crippen LogP contribution < -0.4 is 10.5 Å². The second-order valence-electron chi connectivity index (χ2n) is 3.71. The maximum atomic E-state index is 9.13. The molecule has 1 unspecified atom stereocenters. The third kappa shape index (κ3) is 1.65. The fourth-order valence-electron chi connectivity index (χ4n) is 1.60. The molecule has 0 spiro atoms. The number of ether oxygens (including phenoxy) is 1. The highest BCUT2D eigenvalue weighted by atomic mass is 79.9. The lowest BCUT2D eigenvalue weighted by atomic mass is 9.91. The summed E-state index contributed by atoms with van der Waals surface area (Å²) in [4.78, 5) is 0. The Morgan fingerprint density at radius 3 is 3.07 bits per heavy atom. The Labute approximate surface area is 91.0 Å². The van der Waals surface area contributed by atoms with Crippen LogP contribution in [0, 0.1) is 0 Å². The van der Waals surface area contributed by atoms with Gasteiger partial charge in [0, 0.05) is 0 Å². The molecule has 0 saturated heterocycles. The Hall–Kier alpha value is -0.580. The first kappa shape index (κ1) is 9.96. The van der Waals surface area contributed by atoms with Gasteiger partial charge < -0.3 is 15.6 Å². The number of nitrogens with two attached hydrogens (primary N) is 1. The van der Waals surface area contributed by atoms with Crippen LogP contribution in [0.3, 0.4) is 0 Å². The number of aliphatic hydroxyl groups is 1. The van der Waals surface area contributed by atoms with Crippen LogP contribution in [0.2, 0.25) is 0 Å². The first-order valence-corrected chi connectivity index (χ1v) is 5.24. The molecule has 1 atom stereocenters. The second-order valence-corrected chi connectivity index (χ2v) is 4.57. The van der Waals surface area contributed by atoms with Crippen molar-refractivity contribution in [1.29, 1.82) is 0 Å². The van der Waals surface area contributed by atoms with E-state index in [9.17, 15) is 0 Å². The summed E-state index contributed by atoms with van der Waals surface area (Å²) in [6, 6.07) is 5.84. The number of hydrogen-bond acceptors (Lipinski definition) is 3. The van der Waals surface area contributed by atoms with Gasteiger partial charge in [-0.15, -0.1) is 0 Å². The minimum Gasteiger partial charge on any atom is -0.490 e. The standard InChI is InChI=1S/C10H12BrNO2/c11-8-3-1-2-7-4-10(12,5-13)6-14-9(7)8/h1-3,13H,4-6,12H2. The second kappa shape index (κ2) is 3.53. The van der Waals surface area contributed by atoms with Gasteiger partial charge >= 0.3 is 0 Å². The van der Waals surface area contributed by atoms with E-state index in [2.05, 4.69) is 15.9 Å². The number of benzene rings is 1. The average molecular weight is 258 g/mol. The summed E-state index contributed by atoms with van der Waals surface area (Å²) >= 11 is 3.41. The molecule has 0 bridgehead atoms. The molecule has 1 aromatic rings. The van der Waals surface area contributed by atoms with E-state index >= 15 is 0 Å². The van der Waals surface area contributed by atoms with Gasteiger partial charge in [-0.05, 0) is 34.0 Å². The van der Waals surface area contributed by atoms with Crippen molar-refractivity contribution in [2.75, 3.05) is 13.2 Å². The highest BCUT2D eigenvalue weighted by Gasteiger charge is 2.31. The van der Waals surface area contributed by atoms with Crippen LogP contribution in [0.15, 0.2) is 22.7 Å². The van der Waals surface area contributed by atoms with E-state index in [-0.39, 0.29) is 6.61 Å². The van der Waals surface area contributed by atoms with E-state index in [1.807, 2.05) is 18.2 Å². The number of halogens is 1. The van der Waals surface area contributed by atoms with Crippen LogP contribution >= 0.6 is 15.9 Å². The van der Waals surface area contributed by atoms with Crippen molar-refractivity contribution in [3.8, 4) is 5.75 Å². The van der Waals surface area contributed by atoms with Crippen LogP contribution in [0.1, 0.15) is 5.56 Å². The van der Waals surface area contributed by atoms with Crippen molar-refractivity contribution in [1.82, 2.24) is 0 Å². The molecule has 1 aliphatic heterocycles. The molecule has 3 N–H and O–H groups in total. The zero-order valence-corrected chi connectivity index (χ0v) is 9.25. The lowest BCUT2D eigenvalue weighted by molar-refractivity contribution is 0.117. The van der Waals surface area contributed by atoms with Crippen molar-refractivity contribution < 1.29 is 9.84 Å². The van der Waals surface area contributed by atoms with Gasteiger partial charge in [-0.25, -0.2) is 0 Å². The van der Waals surface area contributed by atoms with Crippen LogP contribution in [-0.4, -0.2) is 23.9 Å². The quantitative estimate of drug-likeness (QED) is 0.792. The van der Waals surface area contributed by atoms with Crippen LogP contribution in [0.5, 0.6) is 5.75 Å². The topological polar surface area (TPSA) is 55.5 Å². The lowest BCUT2D eigenvalue weighted by Crippen LogP contribution is -2.53. The molecular formula is C10H12BrNO2. The van der Waals surface area contributed by atoms with E-state index in [4.69, 9.17) is 15.6 Å². The maximum Gasteiger partial charge on any atom is 0.136 e. The summed E-state index contributed by atoms with van der Waals surface area (Å²) in [5.41, 5.74) is 6.35. The molecule has 0 fully saturated rings. The fraction of sp³-hybridized carbons (Fsp3) is 0.400. The van der Waals surface area contributed by atoms with Gasteiger partial charge in [0.25, 0.3) is 0 Å². The molecule has 0 saturated carbocycles. The first-order valence-electron chi connectivity index (χ1n) is 4.44. The van der Waals surface area contributed by atoms with E-state index < -0.39 is 5.54 Å². The predicted molar refractivity (Wildman–Crippen MR) is 57.3 cm³/mol. The summed E-state index contributed by atoms with van der Waals surface area (Å²) in [7, 11) is 0. The molecule has 1 heterocycles. The third-order valence-corrected chi connectivity index (χ3v) is 3.03. The van der Waals surface area contributed by atoms with Gasteiger partial charge in [-0.2, -0.15) is 0 Å². The molecule has 1 aliphatic rings. The van der Waals surface area contributed by atoms with Gasteiger partial charge in [0.05, 0.1) is 16.6 Å². The van der Waals surface area contributed by atoms with Gasteiger partial charge in [0.15, 0.2) is 0 Å². The number of para-hydroxylation sites is 1. The Bertz CT molecular complexity index is 356. The summed E-state index contributed by atoms with van der Waals surface area (Å²) in [6.07, 6.45) is 0.651. The molecule has 0 radical (unpaired) electrons. The predicted octanol–water partition coefficient (Wildman–Crippen LogP) is 1.07. The van der Waals surface area contributed by atoms with Crippen molar-refractivity contribution in [3.63, 3.8) is 0 Å². The zero-order chi connectivity index (χ0) is 10.2. The number of aliphatic hydroxyl groups excluding tert-OH is 1. The van der Waals surface area contributed by atoms with E-state index in [1.165, 1.54) is 0 Å². The van der Waals surface area contributed by atoms with Crippen molar-refractivity contribution in [2.24, 2.45) is 5.73 Å². The number of fused-ring (bicyclic) bond motifs is 1. The SMILES string of the molecule is NC1(CO)COc2c(Br)cccc2C1. The third-order valence-electron chi connectivity index (χ3n) is 2.41. The molecule has 0 aromatic heterocycles. The summed E-state index contributed by atoms with van der Waals surface area (Å²) in [5, 5.41) is 9.13. The minimum atomic E-state index is -0.631. The van der Waals surface area contributed by atoms with Gasteiger partial charge in [0.2, 0.25) is 0 Å². The summed E-state index contributed by atoms with van der Waals surface area (Å²) in [5.74, 6) is 0.849. The highest BCUT2D eigenvalue weighted by Crippen LogP contribution is 2.34. The highest BCUT2D eigenvalue weighted by molar-refractivity contribution is 9.10. The Kier molecular flexibility index (Phi) is 2.51. The number of rotatable bonds is 1. The van der Waals surface area contributed by atoms with E-state index in [1.54, 1.807) is 0 Å². The zero-order valence-electron chi connectivity index (χ0n) is 7.66. The molecule has 76 valence electrons. The molecule has 4 heteroatoms. The van der Waals surface area contributed by atoms with E-state index in [0.29, 0.717) is 13.0 Å². The molecule has 2 rings (SSSR count). The molecule has 0 aliphatic carbocycles. The number of hydrogen-bond donors (Lipinski definition) is 2. The summed E-state index contributed by atoms with van der Waals surface area (Å²) in [6.45, 7) is 0.304. The van der Waals surface area contributed by atoms with Crippen molar-refractivity contribution in [3.05, 3.63) is 28.2 Å². The Morgan fingerprint density at radius 1 is 1.57 bits per heavy atom. The normalized spacial score (nSPS) is 25.4. The van der Waals surface area contributed by atoms with Gasteiger partial charge in [-0.3, -0.25) is 0 Å². The summed E-state index contributed by atoms with van der Waals surface area (Å²) < 4.78 is 6.47. The first-order chi connectivity index (χ1) is 6.64. The molecule has 0 amide bonds. The largest absolute Gasteiger partial charge is 0.490 e. The van der Waals surface area contributed by atoms with Gasteiger partial charge in [0.1, 0.15) is 12.4 Å². The molecule has 1 aromatic carbocycles. The minimum absolute atomic E-state index is 0.0566. The molecule has 3 nitrogen and oxygen atoms in total. The fourth-order valence-corrected chi connectivity index (χ4v) is 2.12. The molecular weight excluding hydrogens is 246 g/mol. The molecule has 14 heavy (non-hydrogen) atoms. The van der Waals surface area contributed by atoms with E-state index in [0.717, 1.165) is 15.8 Å². The van der Waals surface area contributed by atoms with Crippen molar-refractivity contribution in [2.45, 2.75) is 12.0 Å². The lowest BCUT2D eigenvalue weighted by Gasteiger charge is -2.33. The Morgan fingerprint density at radius 2 is 2.36 bits per heavy atom. The Balaban J connectivity index is 2.36. The van der Waals surface area contributed by atoms with Crippen molar-refractivity contribution >= 4 is 15.9 Å². The van der Waals surface area contributed by atoms with Crippen LogP contribution in [-0.2, 0) is 6.42 Å².